The molecule has 0 amide bonds. The molecule has 2 aromatic carbocycles. The van der Waals surface area contributed by atoms with E-state index in [1.165, 1.54) is 6.20 Å². The van der Waals surface area contributed by atoms with E-state index >= 15 is 0 Å². The lowest BCUT2D eigenvalue weighted by atomic mass is 10.3. The molecule has 0 aromatic heterocycles. The van der Waals surface area contributed by atoms with Gasteiger partial charge in [0.2, 0.25) is 0 Å². The predicted octanol–water partition coefficient (Wildman–Crippen LogP) is 3.01. The van der Waals surface area contributed by atoms with E-state index in [0.29, 0.717) is 11.5 Å². The van der Waals surface area contributed by atoms with E-state index in [-0.39, 0.29) is 5.95 Å². The van der Waals surface area contributed by atoms with Gasteiger partial charge in [0.15, 0.2) is 6.19 Å². The molecule has 19 heavy (non-hydrogen) atoms. The average molecular weight is 252 g/mol. The zero-order chi connectivity index (χ0) is 13.3. The van der Waals surface area contributed by atoms with Gasteiger partial charge >= 0.3 is 5.95 Å². The molecule has 1 N–H and O–H groups in total. The number of nitriles is 1. The van der Waals surface area contributed by atoms with Crippen molar-refractivity contribution in [1.29, 1.82) is 5.26 Å². The number of benzene rings is 2. The van der Waals surface area contributed by atoms with Crippen molar-refractivity contribution in [3.8, 4) is 17.7 Å². The summed E-state index contributed by atoms with van der Waals surface area (Å²) in [6, 6.07) is 18.4. The normalized spacial score (nSPS) is 9.00. The summed E-state index contributed by atoms with van der Waals surface area (Å²) < 4.78 is 11.1. The average Bonchev–Trinajstić information content (AvgIpc) is 2.47. The molecule has 2 rings (SSSR count). The molecule has 0 fully saturated rings. The fourth-order valence-corrected chi connectivity index (χ4v) is 1.38. The Hall–Kier alpha value is -2.93. The molecule has 0 aliphatic rings. The first-order chi connectivity index (χ1) is 9.38. The van der Waals surface area contributed by atoms with E-state index in [0.717, 1.165) is 0 Å². The fourth-order valence-electron chi connectivity index (χ4n) is 1.38. The van der Waals surface area contributed by atoms with Gasteiger partial charge in [0.05, 0.1) is 6.20 Å². The summed E-state index contributed by atoms with van der Waals surface area (Å²) in [7, 11) is 0. The molecular weight excluding hydrogens is 240 g/mol. The van der Waals surface area contributed by atoms with Crippen molar-refractivity contribution in [2.75, 3.05) is 0 Å². The second kappa shape index (κ2) is 6.72. The standard InChI is InChI=1S/C15H12N2O2/c16-12-17-11-15(18-13-7-3-1-4-8-13)19-14-9-5-2-6-10-14/h1-11,17H. The van der Waals surface area contributed by atoms with Crippen LogP contribution < -0.4 is 14.8 Å². The molecule has 0 aliphatic carbocycles. The van der Waals surface area contributed by atoms with Crippen molar-refractivity contribution in [3.05, 3.63) is 72.8 Å². The molecular formula is C15H12N2O2. The highest BCUT2D eigenvalue weighted by molar-refractivity contribution is 5.25. The Kier molecular flexibility index (Phi) is 4.43. The molecule has 0 aliphatic heterocycles. The number of nitrogens with one attached hydrogen (secondary N) is 1. The molecule has 0 unspecified atom stereocenters. The van der Waals surface area contributed by atoms with Gasteiger partial charge in [-0.3, -0.25) is 5.32 Å². The number of nitrogens with zero attached hydrogens (tertiary/aromatic N) is 1. The molecule has 0 saturated carbocycles. The van der Waals surface area contributed by atoms with E-state index < -0.39 is 0 Å². The first-order valence-corrected chi connectivity index (χ1v) is 5.69. The lowest BCUT2D eigenvalue weighted by Crippen LogP contribution is -2.08. The van der Waals surface area contributed by atoms with E-state index in [1.807, 2.05) is 36.4 Å². The third-order valence-corrected chi connectivity index (χ3v) is 2.18. The Morgan fingerprint density at radius 1 is 0.895 bits per heavy atom. The van der Waals surface area contributed by atoms with Crippen LogP contribution in [0.1, 0.15) is 0 Å². The van der Waals surface area contributed by atoms with E-state index in [9.17, 15) is 0 Å². The van der Waals surface area contributed by atoms with Crippen molar-refractivity contribution in [2.45, 2.75) is 0 Å². The molecule has 0 bridgehead atoms. The maximum absolute atomic E-state index is 8.53. The molecule has 0 atom stereocenters. The van der Waals surface area contributed by atoms with Crippen LogP contribution in [-0.4, -0.2) is 0 Å². The maximum atomic E-state index is 8.53. The van der Waals surface area contributed by atoms with E-state index in [1.54, 1.807) is 30.5 Å². The van der Waals surface area contributed by atoms with Crippen LogP contribution in [0.3, 0.4) is 0 Å². The summed E-state index contributed by atoms with van der Waals surface area (Å²) in [5, 5.41) is 10.9. The van der Waals surface area contributed by atoms with Crippen LogP contribution in [0.25, 0.3) is 0 Å². The molecule has 2 aromatic rings. The number of para-hydroxylation sites is 2. The molecule has 4 heteroatoms. The molecule has 0 spiro atoms. The summed E-state index contributed by atoms with van der Waals surface area (Å²) in [4.78, 5) is 0. The van der Waals surface area contributed by atoms with Gasteiger partial charge in [0.1, 0.15) is 11.5 Å². The maximum Gasteiger partial charge on any atom is 0.307 e. The van der Waals surface area contributed by atoms with Crippen molar-refractivity contribution < 1.29 is 9.47 Å². The summed E-state index contributed by atoms with van der Waals surface area (Å²) in [6.07, 6.45) is 3.14. The quantitative estimate of drug-likeness (QED) is 0.505. The van der Waals surface area contributed by atoms with Gasteiger partial charge in [-0.05, 0) is 24.3 Å². The Morgan fingerprint density at radius 3 is 1.79 bits per heavy atom. The second-order valence-electron chi connectivity index (χ2n) is 3.55. The van der Waals surface area contributed by atoms with Gasteiger partial charge < -0.3 is 9.47 Å². The monoisotopic (exact) mass is 252 g/mol. The van der Waals surface area contributed by atoms with Crippen LogP contribution in [0.5, 0.6) is 11.5 Å². The molecule has 94 valence electrons. The van der Waals surface area contributed by atoms with Gasteiger partial charge in [0, 0.05) is 0 Å². The lowest BCUT2D eigenvalue weighted by Gasteiger charge is -2.10. The molecule has 0 radical (unpaired) electrons. The Balaban J connectivity index is 2.11. The highest BCUT2D eigenvalue weighted by atomic mass is 16.7. The Bertz CT molecular complexity index is 531. The van der Waals surface area contributed by atoms with Gasteiger partial charge in [-0.2, -0.15) is 5.26 Å². The van der Waals surface area contributed by atoms with Gasteiger partial charge in [-0.15, -0.1) is 0 Å². The fraction of sp³-hybridized carbons (Fsp3) is 0. The van der Waals surface area contributed by atoms with Crippen LogP contribution in [-0.2, 0) is 0 Å². The third-order valence-electron chi connectivity index (χ3n) is 2.18. The van der Waals surface area contributed by atoms with Crippen LogP contribution in [0.4, 0.5) is 0 Å². The Morgan fingerprint density at radius 2 is 1.37 bits per heavy atom. The molecule has 0 heterocycles. The van der Waals surface area contributed by atoms with Gasteiger partial charge in [0.25, 0.3) is 0 Å². The lowest BCUT2D eigenvalue weighted by molar-refractivity contribution is 0.223. The smallest absolute Gasteiger partial charge is 0.307 e. The summed E-state index contributed by atoms with van der Waals surface area (Å²) in [5.41, 5.74) is 0. The summed E-state index contributed by atoms with van der Waals surface area (Å²) in [6.45, 7) is 0. The number of rotatable bonds is 5. The van der Waals surface area contributed by atoms with E-state index in [4.69, 9.17) is 14.7 Å². The van der Waals surface area contributed by atoms with Crippen molar-refractivity contribution in [3.63, 3.8) is 0 Å². The SMILES string of the molecule is N#CNC=C(Oc1ccccc1)Oc1ccccc1. The Labute approximate surface area is 111 Å². The van der Waals surface area contributed by atoms with Gasteiger partial charge in [-0.25, -0.2) is 0 Å². The number of hydrogen-bond acceptors (Lipinski definition) is 4. The zero-order valence-electron chi connectivity index (χ0n) is 10.1. The zero-order valence-corrected chi connectivity index (χ0v) is 10.1. The number of hydrogen-bond donors (Lipinski definition) is 1. The van der Waals surface area contributed by atoms with Crippen molar-refractivity contribution >= 4 is 0 Å². The highest BCUT2D eigenvalue weighted by Crippen LogP contribution is 2.17. The van der Waals surface area contributed by atoms with Crippen LogP contribution in [0, 0.1) is 11.5 Å². The number of ether oxygens (including phenoxy) is 2. The predicted molar refractivity (Wildman–Crippen MR) is 71.0 cm³/mol. The van der Waals surface area contributed by atoms with Crippen LogP contribution in [0.15, 0.2) is 72.8 Å². The largest absolute Gasteiger partial charge is 0.425 e. The molecule has 4 nitrogen and oxygen atoms in total. The van der Waals surface area contributed by atoms with Gasteiger partial charge in [-0.1, -0.05) is 36.4 Å². The van der Waals surface area contributed by atoms with Crippen molar-refractivity contribution in [1.82, 2.24) is 5.32 Å². The minimum atomic E-state index is 0.193. The van der Waals surface area contributed by atoms with E-state index in [2.05, 4.69) is 5.32 Å². The molecule has 0 saturated heterocycles. The summed E-state index contributed by atoms with van der Waals surface area (Å²) >= 11 is 0. The first-order valence-electron chi connectivity index (χ1n) is 5.69. The van der Waals surface area contributed by atoms with Crippen LogP contribution in [0.2, 0.25) is 0 Å². The first kappa shape index (κ1) is 12.5. The highest BCUT2D eigenvalue weighted by Gasteiger charge is 2.03. The van der Waals surface area contributed by atoms with Crippen LogP contribution >= 0.6 is 0 Å². The summed E-state index contributed by atoms with van der Waals surface area (Å²) in [5.74, 6) is 1.45. The minimum absolute atomic E-state index is 0.193. The topological polar surface area (TPSA) is 54.3 Å². The van der Waals surface area contributed by atoms with Crippen molar-refractivity contribution in [2.24, 2.45) is 0 Å². The third kappa shape index (κ3) is 4.10. The minimum Gasteiger partial charge on any atom is -0.425 e. The second-order valence-corrected chi connectivity index (χ2v) is 3.55.